The third-order valence-electron chi connectivity index (χ3n) is 5.95. The molecular weight excluding hydrogens is 392 g/mol. The Labute approximate surface area is 183 Å². The standard InChI is InChI=1S/C24H30N4O3/c1-29-20(14-18-12-10-16-6-4-8-21(27-30-2)23(16)25-18)15-19-13-11-17-7-5-9-22(28-31-3)24(17)26-19/h10-13,20H,4-9,14-15H2,1-3H3. The lowest BCUT2D eigenvalue weighted by Gasteiger charge is -2.20. The molecule has 2 aromatic rings. The van der Waals surface area contributed by atoms with Crippen molar-refractivity contribution < 1.29 is 14.4 Å². The Morgan fingerprint density at radius 2 is 1.23 bits per heavy atom. The molecule has 0 spiro atoms. The van der Waals surface area contributed by atoms with Gasteiger partial charge in [0.2, 0.25) is 0 Å². The number of pyridine rings is 2. The van der Waals surface area contributed by atoms with Gasteiger partial charge in [0.25, 0.3) is 0 Å². The minimum atomic E-state index is -0.0195. The largest absolute Gasteiger partial charge is 0.399 e. The zero-order valence-electron chi connectivity index (χ0n) is 18.6. The number of nitrogens with zero attached hydrogens (tertiary/aromatic N) is 4. The fourth-order valence-corrected chi connectivity index (χ4v) is 4.42. The number of oxime groups is 2. The predicted molar refractivity (Wildman–Crippen MR) is 120 cm³/mol. The molecule has 0 aromatic carbocycles. The van der Waals surface area contributed by atoms with Crippen LogP contribution in [0.25, 0.3) is 0 Å². The van der Waals surface area contributed by atoms with Gasteiger partial charge in [0.1, 0.15) is 25.6 Å². The summed E-state index contributed by atoms with van der Waals surface area (Å²) in [4.78, 5) is 19.9. The third-order valence-corrected chi connectivity index (χ3v) is 5.95. The number of aryl methyl sites for hydroxylation is 2. The van der Waals surface area contributed by atoms with Gasteiger partial charge in [-0.2, -0.15) is 0 Å². The predicted octanol–water partition coefficient (Wildman–Crippen LogP) is 3.65. The van der Waals surface area contributed by atoms with Crippen LogP contribution in [0.4, 0.5) is 0 Å². The molecule has 0 atom stereocenters. The van der Waals surface area contributed by atoms with Crippen LogP contribution in [-0.4, -0.2) is 48.8 Å². The lowest BCUT2D eigenvalue weighted by atomic mass is 9.93. The second-order valence-corrected chi connectivity index (χ2v) is 8.03. The lowest BCUT2D eigenvalue weighted by molar-refractivity contribution is 0.102. The van der Waals surface area contributed by atoms with Crippen LogP contribution in [0.5, 0.6) is 0 Å². The molecule has 2 aliphatic carbocycles. The Bertz CT molecular complexity index is 909. The highest BCUT2D eigenvalue weighted by Crippen LogP contribution is 2.23. The maximum Gasteiger partial charge on any atom is 0.106 e. The maximum absolute atomic E-state index is 5.81. The first-order valence-electron chi connectivity index (χ1n) is 10.9. The molecule has 31 heavy (non-hydrogen) atoms. The fourth-order valence-electron chi connectivity index (χ4n) is 4.42. The van der Waals surface area contributed by atoms with Crippen LogP contribution in [0.2, 0.25) is 0 Å². The van der Waals surface area contributed by atoms with Crippen LogP contribution in [0, 0.1) is 0 Å². The van der Waals surface area contributed by atoms with Gasteiger partial charge in [-0.3, -0.25) is 9.97 Å². The Morgan fingerprint density at radius 1 is 0.742 bits per heavy atom. The second-order valence-electron chi connectivity index (χ2n) is 8.03. The minimum Gasteiger partial charge on any atom is -0.399 e. The van der Waals surface area contributed by atoms with Crippen molar-refractivity contribution in [2.24, 2.45) is 10.3 Å². The van der Waals surface area contributed by atoms with E-state index < -0.39 is 0 Å². The van der Waals surface area contributed by atoms with Gasteiger partial charge in [0.15, 0.2) is 0 Å². The number of ether oxygens (including phenoxy) is 1. The molecule has 0 radical (unpaired) electrons. The van der Waals surface area contributed by atoms with E-state index in [9.17, 15) is 0 Å². The highest BCUT2D eigenvalue weighted by molar-refractivity contribution is 6.01. The maximum atomic E-state index is 5.81. The molecule has 0 aliphatic heterocycles. The molecule has 7 nitrogen and oxygen atoms in total. The van der Waals surface area contributed by atoms with Crippen LogP contribution in [0.3, 0.4) is 0 Å². The van der Waals surface area contributed by atoms with E-state index in [1.54, 1.807) is 21.3 Å². The van der Waals surface area contributed by atoms with Crippen LogP contribution in [0.15, 0.2) is 34.6 Å². The Hall–Kier alpha value is -2.80. The van der Waals surface area contributed by atoms with Gasteiger partial charge in [-0.25, -0.2) is 0 Å². The molecule has 0 fully saturated rings. The van der Waals surface area contributed by atoms with Crippen molar-refractivity contribution in [2.75, 3.05) is 21.3 Å². The zero-order chi connectivity index (χ0) is 21.6. The molecule has 2 aromatic heterocycles. The van der Waals surface area contributed by atoms with Crippen molar-refractivity contribution in [1.82, 2.24) is 9.97 Å². The van der Waals surface area contributed by atoms with Crippen LogP contribution < -0.4 is 0 Å². The Morgan fingerprint density at radius 3 is 1.65 bits per heavy atom. The number of hydrogen-bond donors (Lipinski definition) is 0. The topological polar surface area (TPSA) is 78.2 Å². The van der Waals surface area contributed by atoms with E-state index in [-0.39, 0.29) is 6.10 Å². The van der Waals surface area contributed by atoms with Crippen LogP contribution in [0.1, 0.15) is 59.6 Å². The van der Waals surface area contributed by atoms with E-state index in [4.69, 9.17) is 24.4 Å². The van der Waals surface area contributed by atoms with E-state index in [1.165, 1.54) is 11.1 Å². The molecule has 0 saturated heterocycles. The molecule has 4 rings (SSSR count). The van der Waals surface area contributed by atoms with Crippen molar-refractivity contribution >= 4 is 11.4 Å². The first-order chi connectivity index (χ1) is 15.2. The minimum absolute atomic E-state index is 0.0195. The quantitative estimate of drug-likeness (QED) is 0.637. The molecule has 0 bridgehead atoms. The number of fused-ring (bicyclic) bond motifs is 2. The van der Waals surface area contributed by atoms with Crippen LogP contribution >= 0.6 is 0 Å². The zero-order valence-corrected chi connectivity index (χ0v) is 18.6. The van der Waals surface area contributed by atoms with Gasteiger partial charge < -0.3 is 14.4 Å². The van der Waals surface area contributed by atoms with Crippen molar-refractivity contribution in [3.05, 3.63) is 58.2 Å². The first-order valence-corrected chi connectivity index (χ1v) is 10.9. The van der Waals surface area contributed by atoms with Gasteiger partial charge in [-0.05, 0) is 61.8 Å². The summed E-state index contributed by atoms with van der Waals surface area (Å²) < 4.78 is 5.81. The van der Waals surface area contributed by atoms with Crippen molar-refractivity contribution in [1.29, 1.82) is 0 Å². The highest BCUT2D eigenvalue weighted by atomic mass is 16.6. The summed E-state index contributed by atoms with van der Waals surface area (Å²) in [6.07, 6.45) is 7.42. The van der Waals surface area contributed by atoms with E-state index in [1.807, 2.05) is 0 Å². The van der Waals surface area contributed by atoms with Crippen molar-refractivity contribution in [3.8, 4) is 0 Å². The van der Waals surface area contributed by atoms with Gasteiger partial charge >= 0.3 is 0 Å². The van der Waals surface area contributed by atoms with E-state index >= 15 is 0 Å². The van der Waals surface area contributed by atoms with Crippen molar-refractivity contribution in [3.63, 3.8) is 0 Å². The average Bonchev–Trinajstić information content (AvgIpc) is 2.80. The van der Waals surface area contributed by atoms with Crippen molar-refractivity contribution in [2.45, 2.75) is 57.5 Å². The van der Waals surface area contributed by atoms with Gasteiger partial charge in [0.05, 0.1) is 17.5 Å². The van der Waals surface area contributed by atoms with Gasteiger partial charge in [-0.1, -0.05) is 22.4 Å². The number of aromatic nitrogens is 2. The molecular formula is C24H30N4O3. The van der Waals surface area contributed by atoms with Crippen LogP contribution in [-0.2, 0) is 40.1 Å². The summed E-state index contributed by atoms with van der Waals surface area (Å²) >= 11 is 0. The Balaban J connectivity index is 1.52. The monoisotopic (exact) mass is 422 g/mol. The summed E-state index contributed by atoms with van der Waals surface area (Å²) in [6, 6.07) is 8.53. The normalized spacial score (nSPS) is 19.1. The summed E-state index contributed by atoms with van der Waals surface area (Å²) in [5, 5.41) is 8.38. The smallest absolute Gasteiger partial charge is 0.106 e. The number of hydrogen-bond acceptors (Lipinski definition) is 7. The lowest BCUT2D eigenvalue weighted by Crippen LogP contribution is -2.22. The molecule has 0 amide bonds. The summed E-state index contributed by atoms with van der Waals surface area (Å²) in [6.45, 7) is 0. The average molecular weight is 423 g/mol. The van der Waals surface area contributed by atoms with E-state index in [0.717, 1.165) is 72.7 Å². The van der Waals surface area contributed by atoms with E-state index in [2.05, 4.69) is 34.6 Å². The molecule has 2 heterocycles. The first kappa shape index (κ1) is 21.4. The number of rotatable bonds is 7. The third kappa shape index (κ3) is 4.93. The second kappa shape index (κ2) is 10.0. The summed E-state index contributed by atoms with van der Waals surface area (Å²) in [5.74, 6) is 0. The SMILES string of the molecule is CON=C1CCCc2ccc(CC(Cc3ccc4c(n3)C(=NOC)CCC4)OC)nc21. The van der Waals surface area contributed by atoms with Gasteiger partial charge in [0, 0.05) is 31.3 Å². The molecule has 7 heteroatoms. The molecule has 2 aliphatic rings. The molecule has 0 N–H and O–H groups in total. The fraction of sp³-hybridized carbons (Fsp3) is 0.500. The number of methoxy groups -OCH3 is 1. The highest BCUT2D eigenvalue weighted by Gasteiger charge is 2.22. The molecule has 0 saturated carbocycles. The van der Waals surface area contributed by atoms with E-state index in [0.29, 0.717) is 12.8 Å². The molecule has 0 unspecified atom stereocenters. The summed E-state index contributed by atoms with van der Waals surface area (Å²) in [7, 11) is 4.91. The Kier molecular flexibility index (Phi) is 6.92. The molecule has 164 valence electrons. The van der Waals surface area contributed by atoms with Gasteiger partial charge in [-0.15, -0.1) is 0 Å². The summed E-state index contributed by atoms with van der Waals surface area (Å²) in [5.41, 5.74) is 8.26.